The largest absolute Gasteiger partial charge is 0.367 e. The Morgan fingerprint density at radius 2 is 1.86 bits per heavy atom. The second-order valence-corrected chi connectivity index (χ2v) is 5.97. The molecule has 1 aromatic rings. The maximum atomic E-state index is 11.9. The lowest BCUT2D eigenvalue weighted by molar-refractivity contribution is 0.244. The molecule has 122 valence electrons. The van der Waals surface area contributed by atoms with Gasteiger partial charge in [-0.25, -0.2) is 4.79 Å². The SMILES string of the molecule is CN(C)CCNc1ccc(NC(=O)NC2CCCCC2)nn1. The molecule has 0 spiro atoms. The Morgan fingerprint density at radius 3 is 2.50 bits per heavy atom. The third-order valence-electron chi connectivity index (χ3n) is 3.71. The molecule has 22 heavy (non-hydrogen) atoms. The quantitative estimate of drug-likeness (QED) is 0.748. The first kappa shape index (κ1) is 16.5. The van der Waals surface area contributed by atoms with Crippen LogP contribution in [0.4, 0.5) is 16.4 Å². The van der Waals surface area contributed by atoms with E-state index in [0.717, 1.165) is 25.9 Å². The lowest BCUT2D eigenvalue weighted by atomic mass is 9.96. The summed E-state index contributed by atoms with van der Waals surface area (Å²) < 4.78 is 0. The number of hydrogen-bond donors (Lipinski definition) is 3. The molecule has 0 bridgehead atoms. The van der Waals surface area contributed by atoms with Gasteiger partial charge < -0.3 is 15.5 Å². The summed E-state index contributed by atoms with van der Waals surface area (Å²) >= 11 is 0. The summed E-state index contributed by atoms with van der Waals surface area (Å²) in [6, 6.07) is 3.66. The normalized spacial score (nSPS) is 15.6. The highest BCUT2D eigenvalue weighted by Gasteiger charge is 2.15. The van der Waals surface area contributed by atoms with Crippen LogP contribution in [0, 0.1) is 0 Å². The zero-order valence-electron chi connectivity index (χ0n) is 13.4. The molecular formula is C15H26N6O. The van der Waals surface area contributed by atoms with Gasteiger partial charge in [0.25, 0.3) is 0 Å². The van der Waals surface area contributed by atoms with Crippen molar-refractivity contribution in [2.75, 3.05) is 37.8 Å². The maximum absolute atomic E-state index is 11.9. The van der Waals surface area contributed by atoms with Crippen LogP contribution < -0.4 is 16.0 Å². The minimum Gasteiger partial charge on any atom is -0.367 e. The number of amides is 2. The first-order valence-corrected chi connectivity index (χ1v) is 7.93. The number of hydrogen-bond acceptors (Lipinski definition) is 5. The molecule has 0 unspecified atom stereocenters. The molecular weight excluding hydrogens is 280 g/mol. The predicted molar refractivity (Wildman–Crippen MR) is 88.1 cm³/mol. The molecule has 2 amide bonds. The van der Waals surface area contributed by atoms with Crippen LogP contribution >= 0.6 is 0 Å². The Labute approximate surface area is 131 Å². The molecule has 0 atom stereocenters. The topological polar surface area (TPSA) is 82.2 Å². The smallest absolute Gasteiger partial charge is 0.320 e. The van der Waals surface area contributed by atoms with Gasteiger partial charge in [-0.3, -0.25) is 5.32 Å². The number of anilines is 2. The van der Waals surface area contributed by atoms with Crippen LogP contribution in [0.2, 0.25) is 0 Å². The van der Waals surface area contributed by atoms with Gasteiger partial charge in [-0.05, 0) is 39.1 Å². The fraction of sp³-hybridized carbons (Fsp3) is 0.667. The molecule has 1 fully saturated rings. The molecule has 2 rings (SSSR count). The summed E-state index contributed by atoms with van der Waals surface area (Å²) in [6.45, 7) is 1.72. The van der Waals surface area contributed by atoms with E-state index in [-0.39, 0.29) is 12.1 Å². The molecule has 1 aliphatic rings. The first-order valence-electron chi connectivity index (χ1n) is 7.93. The molecule has 0 radical (unpaired) electrons. The van der Waals surface area contributed by atoms with Gasteiger partial charge in [0.2, 0.25) is 0 Å². The molecule has 3 N–H and O–H groups in total. The molecule has 1 heterocycles. The third-order valence-corrected chi connectivity index (χ3v) is 3.71. The van der Waals surface area contributed by atoms with Crippen LogP contribution in [0.1, 0.15) is 32.1 Å². The summed E-state index contributed by atoms with van der Waals surface area (Å²) in [4.78, 5) is 14.0. The Bertz CT molecular complexity index is 456. The van der Waals surface area contributed by atoms with E-state index in [2.05, 4.69) is 31.0 Å². The summed E-state index contributed by atoms with van der Waals surface area (Å²) in [7, 11) is 4.04. The lowest BCUT2D eigenvalue weighted by Crippen LogP contribution is -2.39. The molecule has 1 saturated carbocycles. The standard InChI is InChI=1S/C15H26N6O/c1-21(2)11-10-16-13-8-9-14(20-19-13)18-15(22)17-12-6-4-3-5-7-12/h8-9,12H,3-7,10-11H2,1-2H3,(H,16,19)(H2,17,18,20,22). The number of urea groups is 1. The number of rotatable bonds is 6. The summed E-state index contributed by atoms with van der Waals surface area (Å²) in [6.07, 6.45) is 5.78. The highest BCUT2D eigenvalue weighted by molar-refractivity contribution is 5.88. The average molecular weight is 306 g/mol. The van der Waals surface area contributed by atoms with Crippen molar-refractivity contribution in [1.29, 1.82) is 0 Å². The van der Waals surface area contributed by atoms with Crippen LogP contribution in [0.3, 0.4) is 0 Å². The maximum Gasteiger partial charge on any atom is 0.320 e. The lowest BCUT2D eigenvalue weighted by Gasteiger charge is -2.22. The van der Waals surface area contributed by atoms with Crippen molar-refractivity contribution in [2.24, 2.45) is 0 Å². The van der Waals surface area contributed by atoms with Gasteiger partial charge in [-0.2, -0.15) is 0 Å². The molecule has 1 aromatic heterocycles. The molecule has 0 aromatic carbocycles. The van der Waals surface area contributed by atoms with Gasteiger partial charge >= 0.3 is 6.03 Å². The highest BCUT2D eigenvalue weighted by Crippen LogP contribution is 2.17. The van der Waals surface area contributed by atoms with Crippen molar-refractivity contribution >= 4 is 17.7 Å². The van der Waals surface area contributed by atoms with Gasteiger partial charge in [0, 0.05) is 19.1 Å². The minimum absolute atomic E-state index is 0.200. The van der Waals surface area contributed by atoms with E-state index in [0.29, 0.717) is 11.6 Å². The molecule has 7 nitrogen and oxygen atoms in total. The van der Waals surface area contributed by atoms with Crippen molar-refractivity contribution < 1.29 is 4.79 Å². The van der Waals surface area contributed by atoms with Gasteiger partial charge in [-0.1, -0.05) is 19.3 Å². The Morgan fingerprint density at radius 1 is 1.18 bits per heavy atom. The number of nitrogens with zero attached hydrogens (tertiary/aromatic N) is 3. The van der Waals surface area contributed by atoms with E-state index in [1.807, 2.05) is 20.2 Å². The van der Waals surface area contributed by atoms with Crippen molar-refractivity contribution in [2.45, 2.75) is 38.1 Å². The van der Waals surface area contributed by atoms with Crippen molar-refractivity contribution in [3.63, 3.8) is 0 Å². The van der Waals surface area contributed by atoms with E-state index in [1.54, 1.807) is 6.07 Å². The number of carbonyl (C=O) groups is 1. The summed E-state index contributed by atoms with van der Waals surface area (Å²) in [5, 5.41) is 17.0. The van der Waals surface area contributed by atoms with E-state index in [1.165, 1.54) is 19.3 Å². The van der Waals surface area contributed by atoms with Crippen LogP contribution in [0.5, 0.6) is 0 Å². The molecule has 7 heteroatoms. The second kappa shape index (κ2) is 8.53. The van der Waals surface area contributed by atoms with Crippen LogP contribution in [-0.4, -0.2) is 54.4 Å². The predicted octanol–water partition coefficient (Wildman–Crippen LogP) is 1.90. The van der Waals surface area contributed by atoms with Crippen molar-refractivity contribution in [3.8, 4) is 0 Å². The van der Waals surface area contributed by atoms with Gasteiger partial charge in [-0.15, -0.1) is 10.2 Å². The molecule has 0 saturated heterocycles. The van der Waals surface area contributed by atoms with E-state index < -0.39 is 0 Å². The summed E-state index contributed by atoms with van der Waals surface area (Å²) in [5.74, 6) is 1.17. The van der Waals surface area contributed by atoms with Crippen LogP contribution in [0.25, 0.3) is 0 Å². The molecule has 0 aliphatic heterocycles. The first-order chi connectivity index (χ1) is 10.6. The zero-order chi connectivity index (χ0) is 15.8. The fourth-order valence-corrected chi connectivity index (χ4v) is 2.49. The highest BCUT2D eigenvalue weighted by atomic mass is 16.2. The van der Waals surface area contributed by atoms with Crippen LogP contribution in [0.15, 0.2) is 12.1 Å². The van der Waals surface area contributed by atoms with Gasteiger partial charge in [0.1, 0.15) is 5.82 Å². The Balaban J connectivity index is 1.74. The van der Waals surface area contributed by atoms with E-state index >= 15 is 0 Å². The van der Waals surface area contributed by atoms with Crippen LogP contribution in [-0.2, 0) is 0 Å². The number of carbonyl (C=O) groups excluding carboxylic acids is 1. The van der Waals surface area contributed by atoms with Gasteiger partial charge in [0.15, 0.2) is 5.82 Å². The molecule has 1 aliphatic carbocycles. The average Bonchev–Trinajstić information content (AvgIpc) is 2.49. The Kier molecular flexibility index (Phi) is 6.39. The fourth-order valence-electron chi connectivity index (χ4n) is 2.49. The number of nitrogens with one attached hydrogen (secondary N) is 3. The number of aromatic nitrogens is 2. The summed E-state index contributed by atoms with van der Waals surface area (Å²) in [5.41, 5.74) is 0. The van der Waals surface area contributed by atoms with Crippen molar-refractivity contribution in [1.82, 2.24) is 20.4 Å². The number of likely N-dealkylation sites (N-methyl/N-ethyl adjacent to an activating group) is 1. The van der Waals surface area contributed by atoms with E-state index in [9.17, 15) is 4.79 Å². The zero-order valence-corrected chi connectivity index (χ0v) is 13.4. The van der Waals surface area contributed by atoms with Crippen molar-refractivity contribution in [3.05, 3.63) is 12.1 Å². The minimum atomic E-state index is -0.200. The van der Waals surface area contributed by atoms with Gasteiger partial charge in [0.05, 0.1) is 0 Å². The second-order valence-electron chi connectivity index (χ2n) is 5.97. The monoisotopic (exact) mass is 306 g/mol. The third kappa shape index (κ3) is 5.85. The van der Waals surface area contributed by atoms with E-state index in [4.69, 9.17) is 0 Å². The Hall–Kier alpha value is -1.89.